The molecule has 0 N–H and O–H groups in total. The first-order chi connectivity index (χ1) is 13.6. The van der Waals surface area contributed by atoms with E-state index in [4.69, 9.17) is 11.6 Å². The van der Waals surface area contributed by atoms with Crippen LogP contribution in [0.5, 0.6) is 0 Å². The van der Waals surface area contributed by atoms with Gasteiger partial charge in [0.05, 0.1) is 15.5 Å². The van der Waals surface area contributed by atoms with Crippen LogP contribution in [0.2, 0.25) is 5.02 Å². The summed E-state index contributed by atoms with van der Waals surface area (Å²) in [7, 11) is -4.09. The molecule has 0 atom stereocenters. The SMILES string of the molecule is O=C(C1CCN(S(=O)(=O)c2ccc(Cl)c(C(F)(F)F)c2)CC1)N1CCCCCC1. The topological polar surface area (TPSA) is 57.7 Å². The minimum absolute atomic E-state index is 0.0646. The summed E-state index contributed by atoms with van der Waals surface area (Å²) in [6, 6.07) is 2.61. The number of hydrogen-bond donors (Lipinski definition) is 0. The fourth-order valence-corrected chi connectivity index (χ4v) is 5.64. The van der Waals surface area contributed by atoms with Gasteiger partial charge in [-0.3, -0.25) is 4.79 Å². The van der Waals surface area contributed by atoms with Crippen LogP contribution in [0.1, 0.15) is 44.1 Å². The molecule has 3 rings (SSSR count). The molecule has 29 heavy (non-hydrogen) atoms. The Morgan fingerprint density at radius 1 is 1.00 bits per heavy atom. The van der Waals surface area contributed by atoms with Crippen LogP contribution < -0.4 is 0 Å². The van der Waals surface area contributed by atoms with Crippen molar-refractivity contribution in [2.75, 3.05) is 26.2 Å². The number of halogens is 4. The maximum atomic E-state index is 13.1. The summed E-state index contributed by atoms with van der Waals surface area (Å²) in [5, 5.41) is -0.543. The van der Waals surface area contributed by atoms with Gasteiger partial charge in [-0.1, -0.05) is 24.4 Å². The second kappa shape index (κ2) is 8.81. The van der Waals surface area contributed by atoms with Crippen molar-refractivity contribution < 1.29 is 26.4 Å². The molecule has 2 aliphatic heterocycles. The summed E-state index contributed by atoms with van der Waals surface area (Å²) in [6.07, 6.45) is 0.189. The van der Waals surface area contributed by atoms with E-state index in [-0.39, 0.29) is 24.9 Å². The van der Waals surface area contributed by atoms with E-state index in [9.17, 15) is 26.4 Å². The van der Waals surface area contributed by atoms with Crippen molar-refractivity contribution in [1.29, 1.82) is 0 Å². The van der Waals surface area contributed by atoms with Gasteiger partial charge in [0.1, 0.15) is 0 Å². The maximum absolute atomic E-state index is 13.1. The Morgan fingerprint density at radius 3 is 2.14 bits per heavy atom. The number of carbonyl (C=O) groups excluding carboxylic acids is 1. The summed E-state index contributed by atoms with van der Waals surface area (Å²) in [5.74, 6) is -0.176. The molecule has 5 nitrogen and oxygen atoms in total. The summed E-state index contributed by atoms with van der Waals surface area (Å²) in [5.41, 5.74) is -1.17. The number of benzene rings is 1. The molecule has 162 valence electrons. The first-order valence-corrected chi connectivity index (χ1v) is 11.6. The van der Waals surface area contributed by atoms with Gasteiger partial charge in [0, 0.05) is 32.1 Å². The predicted molar refractivity (Wildman–Crippen MR) is 103 cm³/mol. The fraction of sp³-hybridized carbons (Fsp3) is 0.632. The molecule has 0 spiro atoms. The third-order valence-corrected chi connectivity index (χ3v) is 7.83. The highest BCUT2D eigenvalue weighted by atomic mass is 35.5. The van der Waals surface area contributed by atoms with Crippen molar-refractivity contribution in [3.8, 4) is 0 Å². The van der Waals surface area contributed by atoms with Crippen LogP contribution in [-0.2, 0) is 21.0 Å². The number of likely N-dealkylation sites (tertiary alicyclic amines) is 1. The lowest BCUT2D eigenvalue weighted by molar-refractivity contribution is -0.138. The first kappa shape index (κ1) is 22.4. The van der Waals surface area contributed by atoms with Crippen LogP contribution in [0.4, 0.5) is 13.2 Å². The molecule has 1 amide bonds. The molecule has 2 fully saturated rings. The Bertz CT molecular complexity index is 845. The Kier molecular flexibility index (Phi) is 6.80. The summed E-state index contributed by atoms with van der Waals surface area (Å²) < 4.78 is 66.0. The van der Waals surface area contributed by atoms with E-state index in [0.717, 1.165) is 55.2 Å². The first-order valence-electron chi connectivity index (χ1n) is 9.76. The van der Waals surface area contributed by atoms with E-state index in [1.807, 2.05) is 4.90 Å². The molecular weight excluding hydrogens is 429 g/mol. The third-order valence-electron chi connectivity index (χ3n) is 5.60. The van der Waals surface area contributed by atoms with Crippen molar-refractivity contribution in [2.24, 2.45) is 5.92 Å². The minimum atomic E-state index is -4.74. The molecule has 0 saturated carbocycles. The number of alkyl halides is 3. The lowest BCUT2D eigenvalue weighted by atomic mass is 9.96. The van der Waals surface area contributed by atoms with Gasteiger partial charge in [0.2, 0.25) is 15.9 Å². The Labute approximate surface area is 173 Å². The molecule has 0 unspecified atom stereocenters. The summed E-state index contributed by atoms with van der Waals surface area (Å²) in [4.78, 5) is 14.2. The standard InChI is InChI=1S/C19H24ClF3N2O3S/c20-17-6-5-15(13-16(17)19(21,22)23)29(27,28)25-11-7-14(8-12-25)18(26)24-9-3-1-2-4-10-24/h5-6,13-14H,1-4,7-12H2. The number of carbonyl (C=O) groups is 1. The highest BCUT2D eigenvalue weighted by Crippen LogP contribution is 2.37. The van der Waals surface area contributed by atoms with Crippen LogP contribution in [-0.4, -0.2) is 49.7 Å². The predicted octanol–water partition coefficient (Wildman–Crippen LogP) is 4.16. The smallest absolute Gasteiger partial charge is 0.342 e. The quantitative estimate of drug-likeness (QED) is 0.691. The van der Waals surface area contributed by atoms with Gasteiger partial charge >= 0.3 is 6.18 Å². The molecule has 0 aromatic heterocycles. The third kappa shape index (κ3) is 5.06. The summed E-state index contributed by atoms with van der Waals surface area (Å²) >= 11 is 5.59. The van der Waals surface area contributed by atoms with Crippen molar-refractivity contribution in [3.63, 3.8) is 0 Å². The molecule has 0 radical (unpaired) electrons. The Hall–Kier alpha value is -1.32. The molecule has 2 saturated heterocycles. The van der Waals surface area contributed by atoms with Crippen LogP contribution in [0.15, 0.2) is 23.1 Å². The molecular formula is C19H24ClF3N2O3S. The molecule has 0 aliphatic carbocycles. The van der Waals surface area contributed by atoms with E-state index in [1.54, 1.807) is 0 Å². The van der Waals surface area contributed by atoms with E-state index in [1.165, 1.54) is 0 Å². The van der Waals surface area contributed by atoms with Crippen LogP contribution in [0.25, 0.3) is 0 Å². The van der Waals surface area contributed by atoms with E-state index >= 15 is 0 Å². The van der Waals surface area contributed by atoms with Crippen LogP contribution >= 0.6 is 11.6 Å². The maximum Gasteiger partial charge on any atom is 0.417 e. The zero-order chi connectivity index (χ0) is 21.2. The second-order valence-electron chi connectivity index (χ2n) is 7.56. The minimum Gasteiger partial charge on any atom is -0.342 e. The van der Waals surface area contributed by atoms with E-state index in [0.29, 0.717) is 18.9 Å². The zero-order valence-corrected chi connectivity index (χ0v) is 17.5. The Balaban J connectivity index is 1.69. The molecule has 10 heteroatoms. The average Bonchev–Trinajstić information content (AvgIpc) is 2.96. The van der Waals surface area contributed by atoms with Crippen LogP contribution in [0, 0.1) is 5.92 Å². The molecule has 1 aromatic carbocycles. The van der Waals surface area contributed by atoms with Gasteiger partial charge in [-0.25, -0.2) is 8.42 Å². The number of sulfonamides is 1. The number of nitrogens with zero attached hydrogens (tertiary/aromatic N) is 2. The van der Waals surface area contributed by atoms with Crippen LogP contribution in [0.3, 0.4) is 0 Å². The molecule has 0 bridgehead atoms. The highest BCUT2D eigenvalue weighted by molar-refractivity contribution is 7.89. The lowest BCUT2D eigenvalue weighted by Gasteiger charge is -2.33. The number of hydrogen-bond acceptors (Lipinski definition) is 3. The number of piperidine rings is 1. The lowest BCUT2D eigenvalue weighted by Crippen LogP contribution is -2.44. The number of amides is 1. The van der Waals surface area contributed by atoms with Gasteiger partial charge < -0.3 is 4.90 Å². The van der Waals surface area contributed by atoms with Gasteiger partial charge in [-0.15, -0.1) is 0 Å². The van der Waals surface area contributed by atoms with Gasteiger partial charge in [0.25, 0.3) is 0 Å². The van der Waals surface area contributed by atoms with Gasteiger partial charge in [-0.2, -0.15) is 17.5 Å². The highest BCUT2D eigenvalue weighted by Gasteiger charge is 2.37. The molecule has 2 aliphatic rings. The van der Waals surface area contributed by atoms with Gasteiger partial charge in [-0.05, 0) is 43.9 Å². The zero-order valence-electron chi connectivity index (χ0n) is 15.9. The number of rotatable bonds is 3. The average molecular weight is 453 g/mol. The van der Waals surface area contributed by atoms with Crippen molar-refractivity contribution in [2.45, 2.75) is 49.6 Å². The second-order valence-corrected chi connectivity index (χ2v) is 9.90. The van der Waals surface area contributed by atoms with Gasteiger partial charge in [0.15, 0.2) is 0 Å². The van der Waals surface area contributed by atoms with Crippen molar-refractivity contribution in [1.82, 2.24) is 9.21 Å². The largest absolute Gasteiger partial charge is 0.417 e. The summed E-state index contributed by atoms with van der Waals surface area (Å²) in [6.45, 7) is 1.69. The van der Waals surface area contributed by atoms with Crippen molar-refractivity contribution in [3.05, 3.63) is 28.8 Å². The fourth-order valence-electron chi connectivity index (χ4n) is 3.92. The van der Waals surface area contributed by atoms with E-state index in [2.05, 4.69) is 0 Å². The van der Waals surface area contributed by atoms with E-state index < -0.39 is 31.7 Å². The van der Waals surface area contributed by atoms with Crippen molar-refractivity contribution >= 4 is 27.5 Å². The normalized spacial score (nSPS) is 20.5. The monoisotopic (exact) mass is 452 g/mol. The Morgan fingerprint density at radius 2 is 1.59 bits per heavy atom. The molecule has 2 heterocycles. The molecule has 1 aromatic rings.